The van der Waals surface area contributed by atoms with Gasteiger partial charge in [-0.05, 0) is 36.9 Å². The highest BCUT2D eigenvalue weighted by Crippen LogP contribution is 2.33. The molecular weight excluding hydrogens is 248 g/mol. The van der Waals surface area contributed by atoms with E-state index in [0.717, 1.165) is 16.9 Å². The van der Waals surface area contributed by atoms with E-state index in [9.17, 15) is 4.79 Å². The number of hydrogen-bond donors (Lipinski definition) is 1. The molecule has 0 radical (unpaired) electrons. The second kappa shape index (κ2) is 5.23. The average Bonchev–Trinajstić information content (AvgIpc) is 2.78. The van der Waals surface area contributed by atoms with E-state index in [-0.39, 0.29) is 6.10 Å². The molecule has 4 heteroatoms. The predicted molar refractivity (Wildman–Crippen MR) is 72.5 cm³/mol. The van der Waals surface area contributed by atoms with Gasteiger partial charge in [-0.1, -0.05) is 18.2 Å². The molecule has 1 N–H and O–H groups in total. The van der Waals surface area contributed by atoms with Crippen LogP contribution in [0.15, 0.2) is 35.7 Å². The standard InChI is InChI=1S/C14H14O3S/c1-9(2)17-12-6-4-3-5-11(12)10-7-13(14(15)16)18-8-10/h3-9H,1-2H3,(H,15,16). The highest BCUT2D eigenvalue weighted by atomic mass is 32.1. The summed E-state index contributed by atoms with van der Waals surface area (Å²) in [6, 6.07) is 9.33. The Bertz CT molecular complexity index is 558. The van der Waals surface area contributed by atoms with Gasteiger partial charge in [-0.2, -0.15) is 0 Å². The van der Waals surface area contributed by atoms with Gasteiger partial charge in [0, 0.05) is 5.56 Å². The minimum atomic E-state index is -0.895. The Morgan fingerprint density at radius 2 is 2.06 bits per heavy atom. The summed E-state index contributed by atoms with van der Waals surface area (Å²) in [6.45, 7) is 3.93. The number of hydrogen-bond acceptors (Lipinski definition) is 3. The molecule has 0 aliphatic carbocycles. The van der Waals surface area contributed by atoms with Crippen molar-refractivity contribution in [2.24, 2.45) is 0 Å². The van der Waals surface area contributed by atoms with E-state index >= 15 is 0 Å². The first-order valence-electron chi connectivity index (χ1n) is 5.66. The van der Waals surface area contributed by atoms with Crippen molar-refractivity contribution >= 4 is 17.3 Å². The Balaban J connectivity index is 2.39. The fourth-order valence-corrected chi connectivity index (χ4v) is 2.40. The molecule has 0 amide bonds. The summed E-state index contributed by atoms with van der Waals surface area (Å²) in [5.41, 5.74) is 1.81. The Labute approximate surface area is 110 Å². The van der Waals surface area contributed by atoms with Crippen molar-refractivity contribution in [3.8, 4) is 16.9 Å². The number of rotatable bonds is 4. The molecule has 1 aromatic heterocycles. The van der Waals surface area contributed by atoms with Gasteiger partial charge in [-0.3, -0.25) is 0 Å². The van der Waals surface area contributed by atoms with Crippen molar-refractivity contribution in [2.75, 3.05) is 0 Å². The maximum Gasteiger partial charge on any atom is 0.345 e. The first-order chi connectivity index (χ1) is 8.58. The van der Waals surface area contributed by atoms with Gasteiger partial charge in [0.1, 0.15) is 10.6 Å². The number of thiophene rings is 1. The summed E-state index contributed by atoms with van der Waals surface area (Å²) >= 11 is 1.22. The molecule has 0 unspecified atom stereocenters. The highest BCUT2D eigenvalue weighted by molar-refractivity contribution is 7.12. The minimum absolute atomic E-state index is 0.0868. The number of carbonyl (C=O) groups is 1. The average molecular weight is 262 g/mol. The molecule has 0 atom stereocenters. The van der Waals surface area contributed by atoms with Gasteiger partial charge in [-0.25, -0.2) is 4.79 Å². The lowest BCUT2D eigenvalue weighted by molar-refractivity contribution is 0.0702. The van der Waals surface area contributed by atoms with Crippen LogP contribution in [0.1, 0.15) is 23.5 Å². The van der Waals surface area contributed by atoms with Gasteiger partial charge in [0.2, 0.25) is 0 Å². The molecule has 0 aliphatic rings. The molecule has 0 spiro atoms. The summed E-state index contributed by atoms with van der Waals surface area (Å²) in [4.78, 5) is 11.2. The molecular formula is C14H14O3S. The molecule has 0 saturated carbocycles. The van der Waals surface area contributed by atoms with Crippen LogP contribution in [-0.2, 0) is 0 Å². The fourth-order valence-electron chi connectivity index (χ4n) is 1.65. The summed E-state index contributed by atoms with van der Waals surface area (Å²) in [7, 11) is 0. The maximum atomic E-state index is 10.9. The first kappa shape index (κ1) is 12.6. The topological polar surface area (TPSA) is 46.5 Å². The zero-order chi connectivity index (χ0) is 13.1. The van der Waals surface area contributed by atoms with Crippen LogP contribution in [0.2, 0.25) is 0 Å². The molecule has 1 heterocycles. The maximum absolute atomic E-state index is 10.9. The Kier molecular flexibility index (Phi) is 3.67. The van der Waals surface area contributed by atoms with Crippen molar-refractivity contribution in [3.63, 3.8) is 0 Å². The smallest absolute Gasteiger partial charge is 0.345 e. The lowest BCUT2D eigenvalue weighted by atomic mass is 10.1. The highest BCUT2D eigenvalue weighted by Gasteiger charge is 2.12. The molecule has 3 nitrogen and oxygen atoms in total. The molecule has 94 valence electrons. The van der Waals surface area contributed by atoms with Crippen LogP contribution < -0.4 is 4.74 Å². The number of benzene rings is 1. The van der Waals surface area contributed by atoms with E-state index in [4.69, 9.17) is 9.84 Å². The van der Waals surface area contributed by atoms with Gasteiger partial charge in [-0.15, -0.1) is 11.3 Å². The number of aromatic carboxylic acids is 1. The molecule has 18 heavy (non-hydrogen) atoms. The second-order valence-corrected chi connectivity index (χ2v) is 5.08. The van der Waals surface area contributed by atoms with Crippen LogP contribution in [0.25, 0.3) is 11.1 Å². The number of carboxylic acids is 1. The van der Waals surface area contributed by atoms with Crippen LogP contribution >= 0.6 is 11.3 Å². The molecule has 0 bridgehead atoms. The number of carboxylic acid groups (broad SMARTS) is 1. The number of para-hydroxylation sites is 1. The lowest BCUT2D eigenvalue weighted by Crippen LogP contribution is -2.06. The van der Waals surface area contributed by atoms with E-state index in [2.05, 4.69) is 0 Å². The predicted octanol–water partition coefficient (Wildman–Crippen LogP) is 3.90. The molecule has 1 aromatic carbocycles. The van der Waals surface area contributed by atoms with E-state index in [1.54, 1.807) is 6.07 Å². The van der Waals surface area contributed by atoms with Crippen LogP contribution in [0, 0.1) is 0 Å². The van der Waals surface area contributed by atoms with Crippen molar-refractivity contribution in [1.29, 1.82) is 0 Å². The van der Waals surface area contributed by atoms with Gasteiger partial charge in [0.15, 0.2) is 0 Å². The van der Waals surface area contributed by atoms with Gasteiger partial charge >= 0.3 is 5.97 Å². The normalized spacial score (nSPS) is 10.6. The van der Waals surface area contributed by atoms with E-state index in [0.29, 0.717) is 4.88 Å². The molecule has 0 aliphatic heterocycles. The van der Waals surface area contributed by atoms with E-state index < -0.39 is 5.97 Å². The van der Waals surface area contributed by atoms with Gasteiger partial charge < -0.3 is 9.84 Å². The molecule has 0 fully saturated rings. The number of ether oxygens (including phenoxy) is 1. The van der Waals surface area contributed by atoms with Crippen molar-refractivity contribution in [2.45, 2.75) is 20.0 Å². The van der Waals surface area contributed by atoms with Crippen LogP contribution in [0.4, 0.5) is 0 Å². The Morgan fingerprint density at radius 3 is 2.67 bits per heavy atom. The molecule has 0 saturated heterocycles. The van der Waals surface area contributed by atoms with Crippen LogP contribution in [0.5, 0.6) is 5.75 Å². The van der Waals surface area contributed by atoms with E-state index in [1.807, 2.05) is 43.5 Å². The van der Waals surface area contributed by atoms with Crippen LogP contribution in [0.3, 0.4) is 0 Å². The van der Waals surface area contributed by atoms with Crippen LogP contribution in [-0.4, -0.2) is 17.2 Å². The Morgan fingerprint density at radius 1 is 1.33 bits per heavy atom. The summed E-state index contributed by atoms with van der Waals surface area (Å²) in [6.07, 6.45) is 0.0868. The summed E-state index contributed by atoms with van der Waals surface area (Å²) in [5.74, 6) is -0.115. The molecule has 2 rings (SSSR count). The largest absolute Gasteiger partial charge is 0.490 e. The third kappa shape index (κ3) is 2.71. The minimum Gasteiger partial charge on any atom is -0.490 e. The summed E-state index contributed by atoms with van der Waals surface area (Å²) < 4.78 is 5.73. The third-order valence-electron chi connectivity index (χ3n) is 2.37. The van der Waals surface area contributed by atoms with Crippen molar-refractivity contribution in [3.05, 3.63) is 40.6 Å². The Hall–Kier alpha value is -1.81. The van der Waals surface area contributed by atoms with Gasteiger partial charge in [0.25, 0.3) is 0 Å². The van der Waals surface area contributed by atoms with Crippen molar-refractivity contribution in [1.82, 2.24) is 0 Å². The quantitative estimate of drug-likeness (QED) is 0.909. The lowest BCUT2D eigenvalue weighted by Gasteiger charge is -2.13. The van der Waals surface area contributed by atoms with Crippen molar-refractivity contribution < 1.29 is 14.6 Å². The monoisotopic (exact) mass is 262 g/mol. The molecule has 2 aromatic rings. The zero-order valence-corrected chi connectivity index (χ0v) is 11.0. The van der Waals surface area contributed by atoms with Gasteiger partial charge in [0.05, 0.1) is 6.10 Å². The third-order valence-corrected chi connectivity index (χ3v) is 3.29. The summed E-state index contributed by atoms with van der Waals surface area (Å²) in [5, 5.41) is 10.8. The fraction of sp³-hybridized carbons (Fsp3) is 0.214. The second-order valence-electron chi connectivity index (χ2n) is 4.17. The zero-order valence-electron chi connectivity index (χ0n) is 10.2. The SMILES string of the molecule is CC(C)Oc1ccccc1-c1csc(C(=O)O)c1. The first-order valence-corrected chi connectivity index (χ1v) is 6.54. The van der Waals surface area contributed by atoms with E-state index in [1.165, 1.54) is 11.3 Å².